The van der Waals surface area contributed by atoms with E-state index >= 15 is 0 Å². The summed E-state index contributed by atoms with van der Waals surface area (Å²) in [5.41, 5.74) is 0. The molecule has 0 saturated heterocycles. The van der Waals surface area contributed by atoms with Crippen LogP contribution in [-0.4, -0.2) is 31.6 Å². The zero-order valence-electron chi connectivity index (χ0n) is 11.2. The van der Waals surface area contributed by atoms with Crippen molar-refractivity contribution in [2.75, 3.05) is 5.75 Å². The zero-order valence-corrected chi connectivity index (χ0v) is 12.0. The van der Waals surface area contributed by atoms with Gasteiger partial charge in [-0.3, -0.25) is 4.79 Å². The molecular weight excluding hydrogens is 250 g/mol. The molecule has 1 aromatic heterocycles. The fourth-order valence-corrected chi connectivity index (χ4v) is 2.28. The molecule has 1 heterocycles. The Morgan fingerprint density at radius 2 is 2.17 bits per heavy atom. The predicted octanol–water partition coefficient (Wildman–Crippen LogP) is 2.45. The highest BCUT2D eigenvalue weighted by Crippen LogP contribution is 2.19. The van der Waals surface area contributed by atoms with Crippen LogP contribution in [0.4, 0.5) is 0 Å². The van der Waals surface area contributed by atoms with Gasteiger partial charge in [0.1, 0.15) is 5.82 Å². The van der Waals surface area contributed by atoms with E-state index in [2.05, 4.69) is 35.5 Å². The summed E-state index contributed by atoms with van der Waals surface area (Å²) >= 11 is 1.24. The Labute approximate surface area is 112 Å². The first-order valence-electron chi connectivity index (χ1n) is 6.31. The standard InChI is InChI=1S/C12H21N3O2S/c1-4-5-10-13-14-12(18-8-11(16)17)15(10)7-6-9(2)3/h9H,4-8H2,1-3H3,(H,16,17). The van der Waals surface area contributed by atoms with Crippen molar-refractivity contribution < 1.29 is 9.90 Å². The van der Waals surface area contributed by atoms with E-state index in [1.54, 1.807) is 0 Å². The summed E-state index contributed by atoms with van der Waals surface area (Å²) in [6.45, 7) is 7.31. The molecule has 0 aromatic carbocycles. The maximum absolute atomic E-state index is 10.6. The first kappa shape index (κ1) is 15.0. The van der Waals surface area contributed by atoms with Crippen molar-refractivity contribution >= 4 is 17.7 Å². The maximum Gasteiger partial charge on any atom is 0.313 e. The summed E-state index contributed by atoms with van der Waals surface area (Å²) in [6, 6.07) is 0. The van der Waals surface area contributed by atoms with Gasteiger partial charge in [0.15, 0.2) is 5.16 Å². The normalized spacial score (nSPS) is 11.1. The highest BCUT2D eigenvalue weighted by molar-refractivity contribution is 7.99. The van der Waals surface area contributed by atoms with Gasteiger partial charge >= 0.3 is 5.97 Å². The topological polar surface area (TPSA) is 68.0 Å². The second-order valence-electron chi connectivity index (χ2n) is 4.67. The molecule has 0 saturated carbocycles. The predicted molar refractivity (Wildman–Crippen MR) is 71.8 cm³/mol. The molecule has 0 aliphatic rings. The highest BCUT2D eigenvalue weighted by Gasteiger charge is 2.13. The van der Waals surface area contributed by atoms with Crippen LogP contribution in [0.5, 0.6) is 0 Å². The molecule has 0 aliphatic carbocycles. The number of carbonyl (C=O) groups is 1. The number of rotatable bonds is 8. The van der Waals surface area contributed by atoms with Gasteiger partial charge in [-0.1, -0.05) is 32.5 Å². The molecule has 0 amide bonds. The van der Waals surface area contributed by atoms with Gasteiger partial charge in [-0.2, -0.15) is 0 Å². The number of aliphatic carboxylic acids is 1. The number of hydrogen-bond acceptors (Lipinski definition) is 4. The Kier molecular flexibility index (Phi) is 6.18. The van der Waals surface area contributed by atoms with E-state index in [9.17, 15) is 4.79 Å². The SMILES string of the molecule is CCCc1nnc(SCC(=O)O)n1CCC(C)C. The molecule has 6 heteroatoms. The average molecular weight is 271 g/mol. The first-order valence-corrected chi connectivity index (χ1v) is 7.29. The Morgan fingerprint density at radius 1 is 1.44 bits per heavy atom. The van der Waals surface area contributed by atoms with E-state index in [0.29, 0.717) is 5.92 Å². The molecule has 0 bridgehead atoms. The summed E-state index contributed by atoms with van der Waals surface area (Å²) in [5, 5.41) is 17.7. The minimum atomic E-state index is -0.824. The molecule has 18 heavy (non-hydrogen) atoms. The third-order valence-electron chi connectivity index (χ3n) is 2.52. The zero-order chi connectivity index (χ0) is 13.5. The van der Waals surface area contributed by atoms with Gasteiger partial charge in [-0.15, -0.1) is 10.2 Å². The molecular formula is C12H21N3O2S. The summed E-state index contributed by atoms with van der Waals surface area (Å²) in [6.07, 6.45) is 2.96. The van der Waals surface area contributed by atoms with E-state index in [-0.39, 0.29) is 5.75 Å². The maximum atomic E-state index is 10.6. The van der Waals surface area contributed by atoms with Crippen LogP contribution in [0.15, 0.2) is 5.16 Å². The van der Waals surface area contributed by atoms with Gasteiger partial charge in [0.25, 0.3) is 0 Å². The molecule has 0 aliphatic heterocycles. The van der Waals surface area contributed by atoms with Crippen LogP contribution in [0.1, 0.15) is 39.4 Å². The van der Waals surface area contributed by atoms with Crippen LogP contribution in [0.2, 0.25) is 0 Å². The van der Waals surface area contributed by atoms with E-state index in [4.69, 9.17) is 5.11 Å². The van der Waals surface area contributed by atoms with Crippen molar-refractivity contribution in [2.24, 2.45) is 5.92 Å². The van der Waals surface area contributed by atoms with Crippen LogP contribution in [0, 0.1) is 5.92 Å². The van der Waals surface area contributed by atoms with E-state index in [1.165, 1.54) is 11.8 Å². The van der Waals surface area contributed by atoms with Gasteiger partial charge in [-0.25, -0.2) is 0 Å². The van der Waals surface area contributed by atoms with Crippen molar-refractivity contribution in [3.63, 3.8) is 0 Å². The Balaban J connectivity index is 2.77. The Morgan fingerprint density at radius 3 is 2.72 bits per heavy atom. The third-order valence-corrected chi connectivity index (χ3v) is 3.47. The minimum absolute atomic E-state index is 0.0337. The van der Waals surface area contributed by atoms with Crippen LogP contribution in [0.25, 0.3) is 0 Å². The molecule has 1 N–H and O–H groups in total. The fourth-order valence-electron chi connectivity index (χ4n) is 1.57. The van der Waals surface area contributed by atoms with Crippen molar-refractivity contribution in [3.05, 3.63) is 5.82 Å². The molecule has 5 nitrogen and oxygen atoms in total. The molecule has 1 rings (SSSR count). The second-order valence-corrected chi connectivity index (χ2v) is 5.61. The van der Waals surface area contributed by atoms with Gasteiger partial charge in [0.2, 0.25) is 0 Å². The monoisotopic (exact) mass is 271 g/mol. The number of aryl methyl sites for hydroxylation is 1. The third kappa shape index (κ3) is 4.68. The van der Waals surface area contributed by atoms with Crippen LogP contribution >= 0.6 is 11.8 Å². The van der Waals surface area contributed by atoms with Crippen molar-refractivity contribution in [3.8, 4) is 0 Å². The van der Waals surface area contributed by atoms with Crippen LogP contribution in [0.3, 0.4) is 0 Å². The minimum Gasteiger partial charge on any atom is -0.481 e. The lowest BCUT2D eigenvalue weighted by molar-refractivity contribution is -0.133. The molecule has 1 aromatic rings. The second kappa shape index (κ2) is 7.41. The van der Waals surface area contributed by atoms with Gasteiger partial charge in [0.05, 0.1) is 5.75 Å². The molecule has 0 radical (unpaired) electrons. The quantitative estimate of drug-likeness (QED) is 0.736. The lowest BCUT2D eigenvalue weighted by Crippen LogP contribution is -2.08. The summed E-state index contributed by atoms with van der Waals surface area (Å²) in [5.74, 6) is 0.784. The van der Waals surface area contributed by atoms with Crippen LogP contribution < -0.4 is 0 Å². The van der Waals surface area contributed by atoms with Crippen molar-refractivity contribution in [2.45, 2.75) is 51.7 Å². The smallest absolute Gasteiger partial charge is 0.313 e. The van der Waals surface area contributed by atoms with E-state index in [0.717, 1.165) is 36.8 Å². The first-order chi connectivity index (χ1) is 8.54. The Hall–Kier alpha value is -1.04. The number of thioether (sulfide) groups is 1. The lowest BCUT2D eigenvalue weighted by Gasteiger charge is -2.10. The van der Waals surface area contributed by atoms with Crippen molar-refractivity contribution in [1.82, 2.24) is 14.8 Å². The molecule has 0 unspecified atom stereocenters. The number of hydrogen-bond donors (Lipinski definition) is 1. The number of aromatic nitrogens is 3. The summed E-state index contributed by atoms with van der Waals surface area (Å²) in [4.78, 5) is 10.6. The molecule has 102 valence electrons. The van der Waals surface area contributed by atoms with Gasteiger partial charge in [0, 0.05) is 13.0 Å². The van der Waals surface area contributed by atoms with Gasteiger partial charge in [-0.05, 0) is 18.8 Å². The van der Waals surface area contributed by atoms with Gasteiger partial charge < -0.3 is 9.67 Å². The molecule has 0 atom stereocenters. The lowest BCUT2D eigenvalue weighted by atomic mass is 10.1. The highest BCUT2D eigenvalue weighted by atomic mass is 32.2. The fraction of sp³-hybridized carbons (Fsp3) is 0.750. The van der Waals surface area contributed by atoms with Crippen molar-refractivity contribution in [1.29, 1.82) is 0 Å². The van der Waals surface area contributed by atoms with E-state index in [1.807, 2.05) is 0 Å². The number of carboxylic acids is 1. The largest absolute Gasteiger partial charge is 0.481 e. The number of carboxylic acid groups (broad SMARTS) is 1. The van der Waals surface area contributed by atoms with Crippen LogP contribution in [-0.2, 0) is 17.8 Å². The average Bonchev–Trinajstić information content (AvgIpc) is 2.66. The summed E-state index contributed by atoms with van der Waals surface area (Å²) < 4.78 is 2.07. The number of nitrogens with zero attached hydrogens (tertiary/aromatic N) is 3. The Bertz CT molecular complexity index is 391. The van der Waals surface area contributed by atoms with E-state index < -0.39 is 5.97 Å². The molecule has 0 spiro atoms. The summed E-state index contributed by atoms with van der Waals surface area (Å²) in [7, 11) is 0. The molecule has 0 fully saturated rings.